The van der Waals surface area contributed by atoms with Crippen LogP contribution in [-0.2, 0) is 7.05 Å². The number of carbonyl (C=O) groups is 1. The van der Waals surface area contributed by atoms with Gasteiger partial charge in [0.25, 0.3) is 5.88 Å². The monoisotopic (exact) mass is 237 g/mol. The summed E-state index contributed by atoms with van der Waals surface area (Å²) >= 11 is 0. The van der Waals surface area contributed by atoms with Gasteiger partial charge in [-0.1, -0.05) is 0 Å². The van der Waals surface area contributed by atoms with Gasteiger partial charge in [-0.2, -0.15) is 10.1 Å². The van der Waals surface area contributed by atoms with Gasteiger partial charge in [0, 0.05) is 13.2 Å². The predicted octanol–water partition coefficient (Wildman–Crippen LogP) is 1.09. The van der Waals surface area contributed by atoms with Crippen LogP contribution in [0, 0.1) is 6.92 Å². The van der Waals surface area contributed by atoms with Crippen molar-refractivity contribution in [2.45, 2.75) is 6.92 Å². The summed E-state index contributed by atoms with van der Waals surface area (Å²) in [5.41, 5.74) is 1.36. The normalized spacial score (nSPS) is 10.5. The number of rotatable bonds is 3. The van der Waals surface area contributed by atoms with Crippen molar-refractivity contribution < 1.29 is 19.1 Å². The van der Waals surface area contributed by atoms with Gasteiger partial charge in [-0.15, -0.1) is 0 Å². The first-order valence-corrected chi connectivity index (χ1v) is 4.81. The van der Waals surface area contributed by atoms with Crippen LogP contribution in [0.4, 0.5) is 0 Å². The SMILES string of the molecule is COc1nc(C(=O)O)oc1-c1nn(C)cc1C. The maximum Gasteiger partial charge on any atom is 0.392 e. The number of aromatic nitrogens is 3. The molecule has 0 bridgehead atoms. The van der Waals surface area contributed by atoms with E-state index in [0.717, 1.165) is 5.56 Å². The van der Waals surface area contributed by atoms with E-state index in [1.165, 1.54) is 7.11 Å². The highest BCUT2D eigenvalue weighted by molar-refractivity contribution is 5.83. The van der Waals surface area contributed by atoms with Crippen molar-refractivity contribution in [3.05, 3.63) is 17.7 Å². The lowest BCUT2D eigenvalue weighted by Gasteiger charge is -1.96. The Hall–Kier alpha value is -2.31. The molecule has 0 aromatic carbocycles. The summed E-state index contributed by atoms with van der Waals surface area (Å²) in [7, 11) is 3.16. The van der Waals surface area contributed by atoms with Crippen molar-refractivity contribution in [3.8, 4) is 17.3 Å². The van der Waals surface area contributed by atoms with Gasteiger partial charge in [0.05, 0.1) is 7.11 Å². The van der Waals surface area contributed by atoms with Crippen LogP contribution in [0.25, 0.3) is 11.5 Å². The lowest BCUT2D eigenvalue weighted by Crippen LogP contribution is -1.95. The minimum absolute atomic E-state index is 0.115. The number of aryl methyl sites for hydroxylation is 2. The second-order valence-electron chi connectivity index (χ2n) is 3.50. The van der Waals surface area contributed by atoms with Gasteiger partial charge in [-0.3, -0.25) is 4.68 Å². The number of methoxy groups -OCH3 is 1. The lowest BCUT2D eigenvalue weighted by molar-refractivity contribution is 0.0654. The molecule has 2 rings (SSSR count). The molecule has 7 heteroatoms. The van der Waals surface area contributed by atoms with Crippen LogP contribution >= 0.6 is 0 Å². The first-order valence-electron chi connectivity index (χ1n) is 4.81. The summed E-state index contributed by atoms with van der Waals surface area (Å²) in [4.78, 5) is 14.5. The van der Waals surface area contributed by atoms with Gasteiger partial charge >= 0.3 is 11.9 Å². The fraction of sp³-hybridized carbons (Fsp3) is 0.300. The Labute approximate surface area is 96.6 Å². The van der Waals surface area contributed by atoms with Crippen LogP contribution in [-0.4, -0.2) is 33.0 Å². The van der Waals surface area contributed by atoms with E-state index >= 15 is 0 Å². The molecule has 0 saturated carbocycles. The molecule has 0 spiro atoms. The smallest absolute Gasteiger partial charge is 0.392 e. The first kappa shape index (κ1) is 11.2. The van der Waals surface area contributed by atoms with Gasteiger partial charge in [-0.25, -0.2) is 4.79 Å². The van der Waals surface area contributed by atoms with E-state index in [0.29, 0.717) is 5.69 Å². The predicted molar refractivity (Wildman–Crippen MR) is 57.0 cm³/mol. The maximum atomic E-state index is 10.8. The lowest BCUT2D eigenvalue weighted by atomic mass is 10.2. The van der Waals surface area contributed by atoms with Crippen LogP contribution in [0.15, 0.2) is 10.6 Å². The molecule has 0 aliphatic heterocycles. The Kier molecular flexibility index (Phi) is 2.58. The summed E-state index contributed by atoms with van der Waals surface area (Å²) in [5.74, 6) is -1.32. The topological polar surface area (TPSA) is 90.4 Å². The Morgan fingerprint density at radius 3 is 2.76 bits per heavy atom. The molecule has 2 heterocycles. The average molecular weight is 237 g/mol. The van der Waals surface area contributed by atoms with Crippen LogP contribution in [0.3, 0.4) is 0 Å². The van der Waals surface area contributed by atoms with Crippen LogP contribution in [0.1, 0.15) is 16.2 Å². The molecule has 0 saturated heterocycles. The summed E-state index contributed by atoms with van der Waals surface area (Å²) in [6, 6.07) is 0. The third kappa shape index (κ3) is 1.86. The molecule has 7 nitrogen and oxygen atoms in total. The molecule has 2 aromatic rings. The summed E-state index contributed by atoms with van der Waals surface area (Å²) < 4.78 is 11.7. The number of ether oxygens (including phenoxy) is 1. The fourth-order valence-corrected chi connectivity index (χ4v) is 1.52. The van der Waals surface area contributed by atoms with Crippen LogP contribution in [0.5, 0.6) is 5.88 Å². The van der Waals surface area contributed by atoms with E-state index in [1.54, 1.807) is 17.9 Å². The van der Waals surface area contributed by atoms with Crippen LogP contribution < -0.4 is 4.74 Å². The summed E-state index contributed by atoms with van der Waals surface area (Å²) in [6.45, 7) is 1.84. The molecule has 0 fully saturated rings. The second kappa shape index (κ2) is 3.93. The standard InChI is InChI=1S/C10H11N3O4/c1-5-4-13(2)12-6(5)7-8(16-3)11-9(17-7)10(14)15/h4H,1-3H3,(H,14,15). The fourth-order valence-electron chi connectivity index (χ4n) is 1.52. The molecule has 1 N–H and O–H groups in total. The Bertz CT molecular complexity index is 570. The minimum atomic E-state index is -1.25. The Morgan fingerprint density at radius 1 is 1.59 bits per heavy atom. The van der Waals surface area contributed by atoms with Gasteiger partial charge in [0.2, 0.25) is 5.76 Å². The quantitative estimate of drug-likeness (QED) is 0.859. The van der Waals surface area contributed by atoms with Gasteiger partial charge in [0.1, 0.15) is 5.69 Å². The van der Waals surface area contributed by atoms with Gasteiger partial charge in [0.15, 0.2) is 0 Å². The van der Waals surface area contributed by atoms with E-state index in [1.807, 2.05) is 6.92 Å². The molecule has 0 amide bonds. The first-order chi connectivity index (χ1) is 8.02. The molecule has 0 aliphatic carbocycles. The van der Waals surface area contributed by atoms with Gasteiger partial charge in [-0.05, 0) is 12.5 Å². The van der Waals surface area contributed by atoms with Crippen molar-refractivity contribution >= 4 is 5.97 Å². The third-order valence-electron chi connectivity index (χ3n) is 2.20. The molecule has 2 aromatic heterocycles. The molecular formula is C10H11N3O4. The zero-order valence-corrected chi connectivity index (χ0v) is 9.59. The molecule has 90 valence electrons. The number of carboxylic acid groups (broad SMARTS) is 1. The highest BCUT2D eigenvalue weighted by atomic mass is 16.5. The zero-order chi connectivity index (χ0) is 12.6. The van der Waals surface area contributed by atoms with Crippen molar-refractivity contribution in [1.82, 2.24) is 14.8 Å². The molecule has 0 radical (unpaired) electrons. The summed E-state index contributed by atoms with van der Waals surface area (Å²) in [5, 5.41) is 13.0. The second-order valence-corrected chi connectivity index (χ2v) is 3.50. The maximum absolute atomic E-state index is 10.8. The Balaban J connectivity index is 2.58. The van der Waals surface area contributed by atoms with E-state index in [-0.39, 0.29) is 11.6 Å². The van der Waals surface area contributed by atoms with Crippen molar-refractivity contribution in [2.75, 3.05) is 7.11 Å². The largest absolute Gasteiger partial charge is 0.478 e. The number of aromatic carboxylic acids is 1. The van der Waals surface area contributed by atoms with E-state index in [4.69, 9.17) is 14.3 Å². The van der Waals surface area contributed by atoms with Gasteiger partial charge < -0.3 is 14.3 Å². The third-order valence-corrected chi connectivity index (χ3v) is 2.20. The molecule has 0 unspecified atom stereocenters. The summed E-state index contributed by atoms with van der Waals surface area (Å²) in [6.07, 6.45) is 1.79. The van der Waals surface area contributed by atoms with Crippen molar-refractivity contribution in [3.63, 3.8) is 0 Å². The molecule has 0 atom stereocenters. The number of hydrogen-bond acceptors (Lipinski definition) is 5. The molecule has 17 heavy (non-hydrogen) atoms. The zero-order valence-electron chi connectivity index (χ0n) is 9.59. The van der Waals surface area contributed by atoms with Crippen molar-refractivity contribution in [2.24, 2.45) is 7.05 Å². The Morgan fingerprint density at radius 2 is 2.29 bits per heavy atom. The number of oxazole rings is 1. The van der Waals surface area contributed by atoms with Crippen LogP contribution in [0.2, 0.25) is 0 Å². The molecule has 0 aliphatic rings. The minimum Gasteiger partial charge on any atom is -0.478 e. The van der Waals surface area contributed by atoms with E-state index in [9.17, 15) is 4.79 Å². The van der Waals surface area contributed by atoms with Crippen molar-refractivity contribution in [1.29, 1.82) is 0 Å². The number of carboxylic acids is 1. The van der Waals surface area contributed by atoms with E-state index < -0.39 is 11.9 Å². The highest BCUT2D eigenvalue weighted by Gasteiger charge is 2.23. The highest BCUT2D eigenvalue weighted by Crippen LogP contribution is 2.31. The average Bonchev–Trinajstić information content (AvgIpc) is 2.81. The van der Waals surface area contributed by atoms with E-state index in [2.05, 4.69) is 10.1 Å². The number of nitrogens with zero attached hydrogens (tertiary/aromatic N) is 3. The molecular weight excluding hydrogens is 226 g/mol. The number of hydrogen-bond donors (Lipinski definition) is 1.